The van der Waals surface area contributed by atoms with Gasteiger partial charge in [-0.2, -0.15) is 0 Å². The largest absolute Gasteiger partial charge is 0.462 e. The van der Waals surface area contributed by atoms with Gasteiger partial charge in [-0.15, -0.1) is 0 Å². The second-order valence-corrected chi connectivity index (χ2v) is 19.1. The summed E-state index contributed by atoms with van der Waals surface area (Å²) in [5, 5.41) is 0. The quantitative estimate of drug-likeness (QED) is 0.0344. The highest BCUT2D eigenvalue weighted by Gasteiger charge is 2.19. The third-order valence-corrected chi connectivity index (χ3v) is 12.9. The molecule has 0 aliphatic rings. The van der Waals surface area contributed by atoms with Crippen molar-refractivity contribution in [2.75, 3.05) is 13.2 Å². The maximum absolute atomic E-state index is 12.8. The number of rotatable bonds is 50. The van der Waals surface area contributed by atoms with Crippen LogP contribution in [0, 0.1) is 5.92 Å². The Labute approximate surface area is 380 Å². The van der Waals surface area contributed by atoms with Gasteiger partial charge in [-0.1, -0.05) is 272 Å². The van der Waals surface area contributed by atoms with E-state index < -0.39 is 6.10 Å². The fourth-order valence-corrected chi connectivity index (χ4v) is 8.36. The van der Waals surface area contributed by atoms with Gasteiger partial charge in [-0.25, -0.2) is 0 Å². The first-order valence-corrected chi connectivity index (χ1v) is 27.4. The first kappa shape index (κ1) is 59.4. The molecule has 0 saturated carbocycles. The smallest absolute Gasteiger partial charge is 0.306 e. The predicted molar refractivity (Wildman–Crippen MR) is 261 cm³/mol. The summed E-state index contributed by atoms with van der Waals surface area (Å²) in [6.45, 7) is 9.07. The lowest BCUT2D eigenvalue weighted by molar-refractivity contribution is -0.167. The van der Waals surface area contributed by atoms with Crippen molar-refractivity contribution in [2.24, 2.45) is 5.92 Å². The second kappa shape index (κ2) is 49.4. The van der Waals surface area contributed by atoms with Gasteiger partial charge in [0.2, 0.25) is 0 Å². The third-order valence-electron chi connectivity index (χ3n) is 12.9. The molecular weight excluding hydrogens is 757 g/mol. The van der Waals surface area contributed by atoms with Crippen LogP contribution in [0.1, 0.15) is 310 Å². The molecule has 61 heavy (non-hydrogen) atoms. The Morgan fingerprint density at radius 2 is 0.574 bits per heavy atom. The van der Waals surface area contributed by atoms with Crippen molar-refractivity contribution in [3.63, 3.8) is 0 Å². The molecule has 6 heteroatoms. The van der Waals surface area contributed by atoms with Crippen molar-refractivity contribution in [2.45, 2.75) is 316 Å². The number of carbonyl (C=O) groups is 3. The minimum absolute atomic E-state index is 0.0623. The molecule has 362 valence electrons. The number of hydrogen-bond acceptors (Lipinski definition) is 6. The lowest BCUT2D eigenvalue weighted by Gasteiger charge is -2.18. The lowest BCUT2D eigenvalue weighted by atomic mass is 9.99. The minimum atomic E-state index is -0.761. The van der Waals surface area contributed by atoms with E-state index in [0.29, 0.717) is 19.3 Å². The molecule has 6 nitrogen and oxygen atoms in total. The normalized spacial score (nSPS) is 12.4. The first-order chi connectivity index (χ1) is 29.9. The van der Waals surface area contributed by atoms with Crippen LogP contribution in [0.15, 0.2) is 0 Å². The predicted octanol–water partition coefficient (Wildman–Crippen LogP) is 17.8. The molecule has 2 atom stereocenters. The van der Waals surface area contributed by atoms with Gasteiger partial charge >= 0.3 is 17.9 Å². The van der Waals surface area contributed by atoms with E-state index in [2.05, 4.69) is 27.7 Å². The SMILES string of the molecule is CCCCCCCCCCCCCCCCCC(=O)OC[C@H](COC(=O)CCCCCCCCCCCCC(C)CC)OC(=O)CCCCCCCCCCCCCCCC. The van der Waals surface area contributed by atoms with Gasteiger partial charge in [-0.05, 0) is 25.2 Å². The summed E-state index contributed by atoms with van der Waals surface area (Å²) in [5.74, 6) is 0.0301. The molecule has 0 aliphatic heterocycles. The van der Waals surface area contributed by atoms with Crippen LogP contribution in [-0.4, -0.2) is 37.2 Å². The van der Waals surface area contributed by atoms with Gasteiger partial charge < -0.3 is 14.2 Å². The molecule has 0 amide bonds. The zero-order valence-corrected chi connectivity index (χ0v) is 41.6. The average Bonchev–Trinajstić information content (AvgIpc) is 3.26. The molecule has 0 aliphatic carbocycles. The number of carbonyl (C=O) groups excluding carboxylic acids is 3. The Balaban J connectivity index is 4.31. The molecule has 0 aromatic rings. The number of ether oxygens (including phenoxy) is 3. The van der Waals surface area contributed by atoms with E-state index in [-0.39, 0.29) is 31.1 Å². The van der Waals surface area contributed by atoms with Crippen LogP contribution in [0.25, 0.3) is 0 Å². The Morgan fingerprint density at radius 3 is 0.852 bits per heavy atom. The van der Waals surface area contributed by atoms with E-state index in [9.17, 15) is 14.4 Å². The molecule has 0 N–H and O–H groups in total. The van der Waals surface area contributed by atoms with Crippen LogP contribution in [0.4, 0.5) is 0 Å². The van der Waals surface area contributed by atoms with Gasteiger partial charge in [0, 0.05) is 19.3 Å². The molecule has 0 heterocycles. The average molecular weight is 863 g/mol. The summed E-state index contributed by atoms with van der Waals surface area (Å²) in [6, 6.07) is 0. The van der Waals surface area contributed by atoms with Crippen LogP contribution in [-0.2, 0) is 28.6 Å². The third kappa shape index (κ3) is 47.7. The molecule has 0 saturated heterocycles. The van der Waals surface area contributed by atoms with Crippen LogP contribution >= 0.6 is 0 Å². The molecule has 0 aromatic carbocycles. The molecule has 0 fully saturated rings. The van der Waals surface area contributed by atoms with Gasteiger partial charge in [0.1, 0.15) is 13.2 Å². The molecule has 0 spiro atoms. The van der Waals surface area contributed by atoms with Gasteiger partial charge in [-0.3, -0.25) is 14.4 Å². The summed E-state index contributed by atoms with van der Waals surface area (Å²) in [7, 11) is 0. The molecule has 1 unspecified atom stereocenters. The highest BCUT2D eigenvalue weighted by atomic mass is 16.6. The van der Waals surface area contributed by atoms with Crippen molar-refractivity contribution in [1.29, 1.82) is 0 Å². The maximum atomic E-state index is 12.8. The van der Waals surface area contributed by atoms with Crippen LogP contribution < -0.4 is 0 Å². The van der Waals surface area contributed by atoms with E-state index in [4.69, 9.17) is 14.2 Å². The van der Waals surface area contributed by atoms with E-state index >= 15 is 0 Å². The molecule has 0 radical (unpaired) electrons. The summed E-state index contributed by atoms with van der Waals surface area (Å²) in [5.41, 5.74) is 0. The van der Waals surface area contributed by atoms with E-state index in [1.54, 1.807) is 0 Å². The number of hydrogen-bond donors (Lipinski definition) is 0. The van der Waals surface area contributed by atoms with Crippen molar-refractivity contribution in [3.05, 3.63) is 0 Å². The van der Waals surface area contributed by atoms with E-state index in [0.717, 1.165) is 63.7 Å². The Morgan fingerprint density at radius 1 is 0.328 bits per heavy atom. The van der Waals surface area contributed by atoms with E-state index in [1.165, 1.54) is 205 Å². The summed E-state index contributed by atoms with van der Waals surface area (Å²) in [4.78, 5) is 38.0. The minimum Gasteiger partial charge on any atom is -0.462 e. The zero-order valence-electron chi connectivity index (χ0n) is 41.6. The zero-order chi connectivity index (χ0) is 44.5. The highest BCUT2D eigenvalue weighted by molar-refractivity contribution is 5.71. The monoisotopic (exact) mass is 863 g/mol. The Hall–Kier alpha value is -1.59. The molecule has 0 rings (SSSR count). The molecule has 0 aromatic heterocycles. The van der Waals surface area contributed by atoms with Crippen LogP contribution in [0.3, 0.4) is 0 Å². The van der Waals surface area contributed by atoms with Crippen molar-refractivity contribution in [3.8, 4) is 0 Å². The van der Waals surface area contributed by atoms with Crippen molar-refractivity contribution >= 4 is 17.9 Å². The van der Waals surface area contributed by atoms with Gasteiger partial charge in [0.25, 0.3) is 0 Å². The number of esters is 3. The fourth-order valence-electron chi connectivity index (χ4n) is 8.36. The molecule has 0 bridgehead atoms. The molecular formula is C55H106O6. The standard InChI is InChI=1S/C55H106O6/c1-5-8-10-12-14-16-18-20-22-24-25-30-34-38-42-46-53(56)59-49-52(61-55(58)48-44-40-36-32-26-23-21-19-17-15-13-11-9-6-2)50-60-54(57)47-43-39-35-31-28-27-29-33-37-41-45-51(4)7-3/h51-52H,5-50H2,1-4H3/t51?,52-/m1/s1. The van der Waals surface area contributed by atoms with E-state index in [1.807, 2.05) is 0 Å². The van der Waals surface area contributed by atoms with Crippen molar-refractivity contribution < 1.29 is 28.6 Å². The Bertz CT molecular complexity index is 920. The topological polar surface area (TPSA) is 78.9 Å². The summed E-state index contributed by atoms with van der Waals surface area (Å²) < 4.78 is 16.9. The second-order valence-electron chi connectivity index (χ2n) is 19.1. The van der Waals surface area contributed by atoms with Crippen LogP contribution in [0.5, 0.6) is 0 Å². The highest BCUT2D eigenvalue weighted by Crippen LogP contribution is 2.18. The fraction of sp³-hybridized carbons (Fsp3) is 0.945. The van der Waals surface area contributed by atoms with Crippen molar-refractivity contribution in [1.82, 2.24) is 0 Å². The summed E-state index contributed by atoms with van der Waals surface area (Å²) in [6.07, 6.45) is 52.2. The van der Waals surface area contributed by atoms with Gasteiger partial charge in [0.15, 0.2) is 6.10 Å². The maximum Gasteiger partial charge on any atom is 0.306 e. The Kier molecular flexibility index (Phi) is 48.1. The van der Waals surface area contributed by atoms with Crippen LogP contribution in [0.2, 0.25) is 0 Å². The first-order valence-electron chi connectivity index (χ1n) is 27.4. The lowest BCUT2D eigenvalue weighted by Crippen LogP contribution is -2.30. The number of unbranched alkanes of at least 4 members (excludes halogenated alkanes) is 36. The van der Waals surface area contributed by atoms with Gasteiger partial charge in [0.05, 0.1) is 0 Å². The summed E-state index contributed by atoms with van der Waals surface area (Å²) >= 11 is 0.